The SMILES string of the molecule is COc1ccc(CC(=O)N2CCC[C@H]2CCl)cc1OC. The average molecular weight is 298 g/mol. The fourth-order valence-corrected chi connectivity index (χ4v) is 2.91. The summed E-state index contributed by atoms with van der Waals surface area (Å²) in [4.78, 5) is 14.2. The van der Waals surface area contributed by atoms with Crippen LogP contribution < -0.4 is 9.47 Å². The number of rotatable bonds is 5. The van der Waals surface area contributed by atoms with E-state index in [4.69, 9.17) is 21.1 Å². The Morgan fingerprint density at radius 2 is 2.10 bits per heavy atom. The molecule has 1 fully saturated rings. The Labute approximate surface area is 124 Å². The van der Waals surface area contributed by atoms with E-state index in [0.29, 0.717) is 23.8 Å². The molecule has 0 aromatic heterocycles. The van der Waals surface area contributed by atoms with Crippen LogP contribution in [0, 0.1) is 0 Å². The molecule has 0 aliphatic carbocycles. The molecule has 110 valence electrons. The molecular formula is C15H20ClNO3. The number of halogens is 1. The molecule has 0 bridgehead atoms. The monoisotopic (exact) mass is 297 g/mol. The third kappa shape index (κ3) is 3.18. The molecule has 20 heavy (non-hydrogen) atoms. The van der Waals surface area contributed by atoms with E-state index in [-0.39, 0.29) is 11.9 Å². The van der Waals surface area contributed by atoms with Gasteiger partial charge in [0.1, 0.15) is 0 Å². The standard InChI is InChI=1S/C15H20ClNO3/c1-19-13-6-5-11(8-14(13)20-2)9-15(18)17-7-3-4-12(17)10-16/h5-6,8,12H,3-4,7,9-10H2,1-2H3/t12-/m0/s1. The molecule has 1 atom stereocenters. The second kappa shape index (κ2) is 6.84. The zero-order valence-corrected chi connectivity index (χ0v) is 12.7. The largest absolute Gasteiger partial charge is 0.493 e. The smallest absolute Gasteiger partial charge is 0.227 e. The maximum absolute atomic E-state index is 12.3. The van der Waals surface area contributed by atoms with Gasteiger partial charge in [-0.3, -0.25) is 4.79 Å². The molecule has 2 rings (SSSR count). The van der Waals surface area contributed by atoms with Crippen LogP contribution in [0.1, 0.15) is 18.4 Å². The molecule has 0 saturated carbocycles. The van der Waals surface area contributed by atoms with Crippen molar-refractivity contribution in [2.24, 2.45) is 0 Å². The van der Waals surface area contributed by atoms with Crippen molar-refractivity contribution < 1.29 is 14.3 Å². The van der Waals surface area contributed by atoms with E-state index in [1.165, 1.54) is 0 Å². The van der Waals surface area contributed by atoms with Crippen molar-refractivity contribution in [2.45, 2.75) is 25.3 Å². The molecule has 1 amide bonds. The van der Waals surface area contributed by atoms with Crippen LogP contribution in [0.15, 0.2) is 18.2 Å². The van der Waals surface area contributed by atoms with Gasteiger partial charge in [-0.05, 0) is 30.5 Å². The third-order valence-corrected chi connectivity index (χ3v) is 4.04. The number of amides is 1. The van der Waals surface area contributed by atoms with Crippen molar-refractivity contribution in [1.82, 2.24) is 4.90 Å². The maximum atomic E-state index is 12.3. The highest BCUT2D eigenvalue weighted by atomic mass is 35.5. The number of benzene rings is 1. The Bertz CT molecular complexity index is 478. The maximum Gasteiger partial charge on any atom is 0.227 e. The molecule has 0 N–H and O–H groups in total. The summed E-state index contributed by atoms with van der Waals surface area (Å²) < 4.78 is 10.4. The van der Waals surface area contributed by atoms with Crippen LogP contribution >= 0.6 is 11.6 Å². The molecule has 1 aliphatic heterocycles. The number of hydrogen-bond donors (Lipinski definition) is 0. The van der Waals surface area contributed by atoms with E-state index in [2.05, 4.69) is 0 Å². The first-order valence-electron chi connectivity index (χ1n) is 6.76. The predicted octanol–water partition coefficient (Wildman–Crippen LogP) is 2.48. The molecule has 5 heteroatoms. The van der Waals surface area contributed by atoms with Crippen LogP contribution in [0.3, 0.4) is 0 Å². The number of carbonyl (C=O) groups excluding carboxylic acids is 1. The Morgan fingerprint density at radius 1 is 1.35 bits per heavy atom. The minimum atomic E-state index is 0.125. The summed E-state index contributed by atoms with van der Waals surface area (Å²) >= 11 is 5.91. The van der Waals surface area contributed by atoms with Crippen LogP contribution in [-0.4, -0.2) is 43.5 Å². The summed E-state index contributed by atoms with van der Waals surface area (Å²) in [5, 5.41) is 0. The van der Waals surface area contributed by atoms with E-state index < -0.39 is 0 Å². The van der Waals surface area contributed by atoms with E-state index in [0.717, 1.165) is 24.9 Å². The summed E-state index contributed by atoms with van der Waals surface area (Å²) in [6, 6.07) is 5.75. The number of methoxy groups -OCH3 is 2. The van der Waals surface area contributed by atoms with Gasteiger partial charge in [0.2, 0.25) is 5.91 Å². The number of likely N-dealkylation sites (tertiary alicyclic amines) is 1. The fraction of sp³-hybridized carbons (Fsp3) is 0.533. The molecule has 0 radical (unpaired) electrons. The Hall–Kier alpha value is -1.42. The van der Waals surface area contributed by atoms with Crippen LogP contribution in [0.25, 0.3) is 0 Å². The lowest BCUT2D eigenvalue weighted by Gasteiger charge is -2.23. The molecule has 0 unspecified atom stereocenters. The molecule has 0 spiro atoms. The Balaban J connectivity index is 2.07. The molecule has 1 saturated heterocycles. The zero-order valence-electron chi connectivity index (χ0n) is 11.9. The van der Waals surface area contributed by atoms with Crippen molar-refractivity contribution in [1.29, 1.82) is 0 Å². The normalized spacial score (nSPS) is 18.1. The van der Waals surface area contributed by atoms with Crippen molar-refractivity contribution >= 4 is 17.5 Å². The van der Waals surface area contributed by atoms with Crippen molar-refractivity contribution in [3.63, 3.8) is 0 Å². The molecule has 1 aromatic carbocycles. The van der Waals surface area contributed by atoms with Crippen molar-refractivity contribution in [2.75, 3.05) is 26.6 Å². The lowest BCUT2D eigenvalue weighted by atomic mass is 10.1. The molecule has 4 nitrogen and oxygen atoms in total. The highest BCUT2D eigenvalue weighted by Crippen LogP contribution is 2.28. The van der Waals surface area contributed by atoms with E-state index >= 15 is 0 Å². The van der Waals surface area contributed by atoms with Crippen molar-refractivity contribution in [3.8, 4) is 11.5 Å². The highest BCUT2D eigenvalue weighted by molar-refractivity contribution is 6.18. The van der Waals surface area contributed by atoms with Gasteiger partial charge in [-0.25, -0.2) is 0 Å². The summed E-state index contributed by atoms with van der Waals surface area (Å²) in [6.07, 6.45) is 2.41. The number of ether oxygens (including phenoxy) is 2. The number of nitrogens with zero attached hydrogens (tertiary/aromatic N) is 1. The Kier molecular flexibility index (Phi) is 5.12. The van der Waals surface area contributed by atoms with Crippen LogP contribution in [0.2, 0.25) is 0 Å². The second-order valence-electron chi connectivity index (χ2n) is 4.90. The van der Waals surface area contributed by atoms with Crippen LogP contribution in [-0.2, 0) is 11.2 Å². The number of carbonyl (C=O) groups is 1. The minimum Gasteiger partial charge on any atom is -0.493 e. The van der Waals surface area contributed by atoms with Crippen molar-refractivity contribution in [3.05, 3.63) is 23.8 Å². The zero-order chi connectivity index (χ0) is 14.5. The minimum absolute atomic E-state index is 0.125. The summed E-state index contributed by atoms with van der Waals surface area (Å²) in [5.41, 5.74) is 0.924. The first-order chi connectivity index (χ1) is 9.69. The Morgan fingerprint density at radius 3 is 2.75 bits per heavy atom. The third-order valence-electron chi connectivity index (χ3n) is 3.68. The van der Waals surface area contributed by atoms with Gasteiger partial charge in [0, 0.05) is 18.5 Å². The first-order valence-corrected chi connectivity index (χ1v) is 7.29. The number of hydrogen-bond acceptors (Lipinski definition) is 3. The van der Waals surface area contributed by atoms with Gasteiger partial charge in [-0.1, -0.05) is 6.07 Å². The summed E-state index contributed by atoms with van der Waals surface area (Å²) in [5.74, 6) is 1.95. The molecule has 1 heterocycles. The molecule has 1 aromatic rings. The first kappa shape index (κ1) is 15.0. The van der Waals surface area contributed by atoms with Gasteiger partial charge in [0.25, 0.3) is 0 Å². The fourth-order valence-electron chi connectivity index (χ4n) is 2.59. The van der Waals surface area contributed by atoms with E-state index in [1.54, 1.807) is 14.2 Å². The van der Waals surface area contributed by atoms with Crippen LogP contribution in [0.4, 0.5) is 0 Å². The van der Waals surface area contributed by atoms with Gasteiger partial charge in [0.15, 0.2) is 11.5 Å². The average Bonchev–Trinajstić information content (AvgIpc) is 2.95. The number of alkyl halides is 1. The second-order valence-corrected chi connectivity index (χ2v) is 5.21. The van der Waals surface area contributed by atoms with Crippen LogP contribution in [0.5, 0.6) is 11.5 Å². The quantitative estimate of drug-likeness (QED) is 0.784. The van der Waals surface area contributed by atoms with Gasteiger partial charge < -0.3 is 14.4 Å². The van der Waals surface area contributed by atoms with E-state index in [9.17, 15) is 4.79 Å². The highest BCUT2D eigenvalue weighted by Gasteiger charge is 2.27. The lowest BCUT2D eigenvalue weighted by Crippen LogP contribution is -2.37. The lowest BCUT2D eigenvalue weighted by molar-refractivity contribution is -0.130. The molecular weight excluding hydrogens is 278 g/mol. The molecule has 1 aliphatic rings. The summed E-state index contributed by atoms with van der Waals surface area (Å²) in [7, 11) is 3.19. The predicted molar refractivity (Wildman–Crippen MR) is 78.7 cm³/mol. The van der Waals surface area contributed by atoms with Gasteiger partial charge in [0.05, 0.1) is 20.6 Å². The van der Waals surface area contributed by atoms with Gasteiger partial charge >= 0.3 is 0 Å². The summed E-state index contributed by atoms with van der Waals surface area (Å²) in [6.45, 7) is 0.809. The topological polar surface area (TPSA) is 38.8 Å². The van der Waals surface area contributed by atoms with Gasteiger partial charge in [-0.2, -0.15) is 0 Å². The van der Waals surface area contributed by atoms with E-state index in [1.807, 2.05) is 23.1 Å². The van der Waals surface area contributed by atoms with Gasteiger partial charge in [-0.15, -0.1) is 11.6 Å².